The lowest BCUT2D eigenvalue weighted by Crippen LogP contribution is -2.48. The Hall–Kier alpha value is -3.77. The predicted octanol–water partition coefficient (Wildman–Crippen LogP) is 1.70. The molecule has 12 heteroatoms. The Kier molecular flexibility index (Phi) is 7.52. The molecule has 166 valence electrons. The Morgan fingerprint density at radius 2 is 1.88 bits per heavy atom. The number of nitrogens with zero attached hydrogens (tertiary/aromatic N) is 1. The smallest absolute Gasteiger partial charge is 0.328 e. The lowest BCUT2D eigenvalue weighted by molar-refractivity contribution is -0.139. The molecule has 0 unspecified atom stereocenters. The second-order valence-electron chi connectivity index (χ2n) is 6.48. The van der Waals surface area contributed by atoms with Crippen LogP contribution in [0.5, 0.6) is 5.75 Å². The van der Waals surface area contributed by atoms with E-state index in [1.165, 1.54) is 29.7 Å². The van der Waals surface area contributed by atoms with E-state index in [-0.39, 0.29) is 28.7 Å². The van der Waals surface area contributed by atoms with Gasteiger partial charge in [-0.2, -0.15) is 0 Å². The fraction of sp³-hybridized carbons (Fsp3) is 0.150. The number of thiazole rings is 1. The zero-order valence-corrected chi connectivity index (χ0v) is 18.0. The minimum atomic E-state index is -1.35. The van der Waals surface area contributed by atoms with Gasteiger partial charge < -0.3 is 26.2 Å². The zero-order valence-electron chi connectivity index (χ0n) is 16.4. The second kappa shape index (κ2) is 10.5. The Morgan fingerprint density at radius 1 is 1.06 bits per heavy atom. The fourth-order valence-electron chi connectivity index (χ4n) is 2.57. The summed E-state index contributed by atoms with van der Waals surface area (Å²) in [6, 6.07) is 8.20. The summed E-state index contributed by atoms with van der Waals surface area (Å²) >= 11 is 2.09. The molecule has 0 radical (unpaired) electrons. The van der Waals surface area contributed by atoms with Gasteiger partial charge in [0, 0.05) is 6.54 Å². The number of aliphatic carboxylic acids is 1. The van der Waals surface area contributed by atoms with Crippen LogP contribution >= 0.6 is 22.7 Å². The number of carbonyl (C=O) groups excluding carboxylic acids is 3. The summed E-state index contributed by atoms with van der Waals surface area (Å²) in [5.74, 6) is -2.79. The van der Waals surface area contributed by atoms with Crippen LogP contribution in [0.3, 0.4) is 0 Å². The number of phenols is 1. The van der Waals surface area contributed by atoms with Crippen LogP contribution in [0.2, 0.25) is 0 Å². The molecular formula is C20H18N4O6S2. The highest BCUT2D eigenvalue weighted by atomic mass is 32.1. The molecule has 0 fully saturated rings. The van der Waals surface area contributed by atoms with Gasteiger partial charge in [-0.05, 0) is 29.1 Å². The van der Waals surface area contributed by atoms with Crippen molar-refractivity contribution in [3.8, 4) is 5.75 Å². The maximum atomic E-state index is 12.4. The molecule has 10 nitrogen and oxygen atoms in total. The molecule has 2 heterocycles. The molecule has 3 aromatic rings. The first-order chi connectivity index (χ1) is 15.3. The van der Waals surface area contributed by atoms with Crippen LogP contribution in [0.25, 0.3) is 0 Å². The minimum Gasteiger partial charge on any atom is -0.508 e. The summed E-state index contributed by atoms with van der Waals surface area (Å²) < 4.78 is 0. The SMILES string of the molecule is O=C(Cc1cccc(O)c1)Nc1ncc(C(=O)N[C@@H](CNC(=O)c2cccs2)C(=O)O)s1. The highest BCUT2D eigenvalue weighted by molar-refractivity contribution is 7.17. The monoisotopic (exact) mass is 474 g/mol. The van der Waals surface area contributed by atoms with E-state index in [0.29, 0.717) is 10.4 Å². The van der Waals surface area contributed by atoms with Gasteiger partial charge in [0.15, 0.2) is 5.13 Å². The largest absolute Gasteiger partial charge is 0.508 e. The standard InChI is InChI=1S/C20H18N4O6S2/c25-12-4-1-3-11(7-12)8-16(26)24-20-22-10-15(32-20)18(28)23-13(19(29)30)9-21-17(27)14-5-2-6-31-14/h1-7,10,13,25H,8-9H2,(H,21,27)(H,23,28)(H,29,30)(H,22,24,26)/t13-/m0/s1. The van der Waals surface area contributed by atoms with Gasteiger partial charge in [0.25, 0.3) is 11.8 Å². The lowest BCUT2D eigenvalue weighted by Gasteiger charge is -2.14. The third-order valence-corrected chi connectivity index (χ3v) is 5.85. The van der Waals surface area contributed by atoms with E-state index < -0.39 is 29.7 Å². The second-order valence-corrected chi connectivity index (χ2v) is 8.45. The predicted molar refractivity (Wildman–Crippen MR) is 118 cm³/mol. The Balaban J connectivity index is 1.54. The molecule has 32 heavy (non-hydrogen) atoms. The number of amides is 3. The van der Waals surface area contributed by atoms with Crippen LogP contribution in [0.15, 0.2) is 48.0 Å². The minimum absolute atomic E-state index is 0.000532. The van der Waals surface area contributed by atoms with E-state index in [9.17, 15) is 29.4 Å². The van der Waals surface area contributed by atoms with Crippen molar-refractivity contribution in [3.05, 3.63) is 63.3 Å². The number of rotatable bonds is 9. The summed E-state index contributed by atoms with van der Waals surface area (Å²) in [7, 11) is 0. The Bertz CT molecular complexity index is 1130. The quantitative estimate of drug-likeness (QED) is 0.316. The van der Waals surface area contributed by atoms with E-state index in [2.05, 4.69) is 20.9 Å². The lowest BCUT2D eigenvalue weighted by atomic mass is 10.1. The van der Waals surface area contributed by atoms with Crippen LogP contribution in [0.1, 0.15) is 24.9 Å². The van der Waals surface area contributed by atoms with Crippen molar-refractivity contribution in [1.29, 1.82) is 0 Å². The van der Waals surface area contributed by atoms with Crippen LogP contribution in [0, 0.1) is 0 Å². The number of hydrogen-bond donors (Lipinski definition) is 5. The summed E-state index contributed by atoms with van der Waals surface area (Å²) in [6.45, 7) is -0.301. The molecule has 1 atom stereocenters. The summed E-state index contributed by atoms with van der Waals surface area (Å²) in [5.41, 5.74) is 0.603. The number of nitrogens with one attached hydrogen (secondary N) is 3. The molecule has 0 saturated carbocycles. The topological polar surface area (TPSA) is 158 Å². The molecule has 0 aliphatic carbocycles. The van der Waals surface area contributed by atoms with Crippen molar-refractivity contribution in [2.45, 2.75) is 12.5 Å². The molecule has 0 bridgehead atoms. The van der Waals surface area contributed by atoms with Crippen molar-refractivity contribution in [3.63, 3.8) is 0 Å². The third-order valence-electron chi connectivity index (χ3n) is 4.07. The van der Waals surface area contributed by atoms with Gasteiger partial charge in [0.1, 0.15) is 16.7 Å². The summed E-state index contributed by atoms with van der Waals surface area (Å²) in [6.07, 6.45) is 1.22. The molecule has 1 aromatic carbocycles. The molecule has 0 spiro atoms. The number of thiophene rings is 1. The highest BCUT2D eigenvalue weighted by Crippen LogP contribution is 2.19. The fourth-order valence-corrected chi connectivity index (χ4v) is 3.95. The maximum absolute atomic E-state index is 12.4. The van der Waals surface area contributed by atoms with Gasteiger partial charge in [-0.15, -0.1) is 11.3 Å². The molecular weight excluding hydrogens is 456 g/mol. The number of carboxylic acid groups (broad SMARTS) is 1. The van der Waals surface area contributed by atoms with Crippen LogP contribution in [-0.2, 0) is 16.0 Å². The summed E-state index contributed by atoms with van der Waals surface area (Å²) in [4.78, 5) is 52.5. The molecule has 3 rings (SSSR count). The van der Waals surface area contributed by atoms with Crippen LogP contribution in [-0.4, -0.2) is 51.5 Å². The molecule has 3 amide bonds. The first-order valence-electron chi connectivity index (χ1n) is 9.21. The van der Waals surface area contributed by atoms with E-state index in [4.69, 9.17) is 0 Å². The number of carboxylic acids is 1. The number of benzene rings is 1. The highest BCUT2D eigenvalue weighted by Gasteiger charge is 2.23. The number of phenolic OH excluding ortho intramolecular Hbond substituents is 1. The van der Waals surface area contributed by atoms with Gasteiger partial charge in [-0.25, -0.2) is 9.78 Å². The first kappa shape index (κ1) is 22.9. The van der Waals surface area contributed by atoms with Crippen molar-refractivity contribution < 1.29 is 29.4 Å². The molecule has 0 saturated heterocycles. The van der Waals surface area contributed by atoms with Gasteiger partial charge in [0.2, 0.25) is 5.91 Å². The van der Waals surface area contributed by atoms with Crippen molar-refractivity contribution >= 4 is 51.5 Å². The van der Waals surface area contributed by atoms with Gasteiger partial charge in [-0.3, -0.25) is 14.4 Å². The molecule has 0 aliphatic heterocycles. The third kappa shape index (κ3) is 6.36. The van der Waals surface area contributed by atoms with Crippen molar-refractivity contribution in [1.82, 2.24) is 15.6 Å². The molecule has 5 N–H and O–H groups in total. The van der Waals surface area contributed by atoms with E-state index >= 15 is 0 Å². The van der Waals surface area contributed by atoms with E-state index in [1.807, 2.05) is 0 Å². The summed E-state index contributed by atoms with van der Waals surface area (Å²) in [5, 5.41) is 28.0. The van der Waals surface area contributed by atoms with Crippen molar-refractivity contribution in [2.75, 3.05) is 11.9 Å². The van der Waals surface area contributed by atoms with Crippen molar-refractivity contribution in [2.24, 2.45) is 0 Å². The van der Waals surface area contributed by atoms with Crippen LogP contribution < -0.4 is 16.0 Å². The van der Waals surface area contributed by atoms with Gasteiger partial charge >= 0.3 is 5.97 Å². The molecule has 0 aliphatic rings. The van der Waals surface area contributed by atoms with Crippen LogP contribution in [0.4, 0.5) is 5.13 Å². The first-order valence-corrected chi connectivity index (χ1v) is 10.9. The average Bonchev–Trinajstić information content (AvgIpc) is 3.42. The number of anilines is 1. The number of carbonyl (C=O) groups is 4. The zero-order chi connectivity index (χ0) is 23.1. The van der Waals surface area contributed by atoms with E-state index in [0.717, 1.165) is 11.3 Å². The maximum Gasteiger partial charge on any atom is 0.328 e. The van der Waals surface area contributed by atoms with Gasteiger partial charge in [0.05, 0.1) is 17.5 Å². The van der Waals surface area contributed by atoms with E-state index in [1.54, 1.807) is 29.6 Å². The Labute approximate surface area is 189 Å². The average molecular weight is 475 g/mol. The Morgan fingerprint density at radius 3 is 2.56 bits per heavy atom. The molecule has 2 aromatic heterocycles. The number of hydrogen-bond acceptors (Lipinski definition) is 8. The number of aromatic nitrogens is 1. The van der Waals surface area contributed by atoms with Gasteiger partial charge in [-0.1, -0.05) is 29.5 Å². The normalized spacial score (nSPS) is 11.4. The number of aromatic hydroxyl groups is 1.